The number of nitrogens with zero attached hydrogens (tertiary/aromatic N) is 3. The molecule has 2 amide bonds. The zero-order chi connectivity index (χ0) is 15.8. The lowest BCUT2D eigenvalue weighted by atomic mass is 10.1. The van der Waals surface area contributed by atoms with E-state index in [-0.39, 0.29) is 31.2 Å². The zero-order valence-corrected chi connectivity index (χ0v) is 12.6. The van der Waals surface area contributed by atoms with Crippen LogP contribution in [0.3, 0.4) is 0 Å². The van der Waals surface area contributed by atoms with E-state index in [1.54, 1.807) is 16.8 Å². The van der Waals surface area contributed by atoms with Crippen molar-refractivity contribution in [1.82, 2.24) is 9.80 Å². The molecular weight excluding hydrogens is 274 g/mol. The monoisotopic (exact) mass is 297 g/mol. The Morgan fingerprint density at radius 2 is 2.10 bits per heavy atom. The highest BCUT2D eigenvalue weighted by Crippen LogP contribution is 2.16. The molecule has 1 unspecified atom stereocenters. The summed E-state index contributed by atoms with van der Waals surface area (Å²) in [6.45, 7) is 3.26. The van der Waals surface area contributed by atoms with E-state index in [1.807, 2.05) is 6.92 Å². The van der Waals surface area contributed by atoms with Crippen molar-refractivity contribution >= 4 is 12.0 Å². The van der Waals surface area contributed by atoms with E-state index in [2.05, 4.69) is 6.07 Å². The summed E-state index contributed by atoms with van der Waals surface area (Å²) in [5.74, 6) is -0.865. The minimum Gasteiger partial charge on any atom is -0.481 e. The molecular formula is C14H23N3O4. The van der Waals surface area contributed by atoms with Crippen molar-refractivity contribution in [2.24, 2.45) is 0 Å². The Labute approximate surface area is 125 Å². The lowest BCUT2D eigenvalue weighted by molar-refractivity contribution is -0.138. The Hall–Kier alpha value is -1.81. The number of likely N-dealkylation sites (tertiary alicyclic amines) is 1. The fraction of sp³-hybridized carbons (Fsp3) is 0.786. The molecule has 1 fully saturated rings. The van der Waals surface area contributed by atoms with Gasteiger partial charge >= 0.3 is 12.0 Å². The smallest absolute Gasteiger partial charge is 0.320 e. The largest absolute Gasteiger partial charge is 0.481 e. The van der Waals surface area contributed by atoms with E-state index in [9.17, 15) is 9.59 Å². The predicted octanol–water partition coefficient (Wildman–Crippen LogP) is 1.30. The third-order valence-electron chi connectivity index (χ3n) is 3.73. The number of carbonyl (C=O) groups is 2. The number of hydrogen-bond donors (Lipinski definition) is 1. The highest BCUT2D eigenvalue weighted by molar-refractivity contribution is 5.74. The second-order valence-electron chi connectivity index (χ2n) is 5.31. The first-order valence-corrected chi connectivity index (χ1v) is 7.17. The molecule has 1 heterocycles. The summed E-state index contributed by atoms with van der Waals surface area (Å²) in [4.78, 5) is 26.0. The Bertz CT molecular complexity index is 400. The van der Waals surface area contributed by atoms with E-state index in [0.29, 0.717) is 32.4 Å². The fourth-order valence-electron chi connectivity index (χ4n) is 2.21. The second-order valence-corrected chi connectivity index (χ2v) is 5.31. The molecule has 1 atom stereocenters. The lowest BCUT2D eigenvalue weighted by Crippen LogP contribution is -2.49. The van der Waals surface area contributed by atoms with Crippen LogP contribution in [-0.2, 0) is 9.53 Å². The van der Waals surface area contributed by atoms with Crippen molar-refractivity contribution in [2.45, 2.75) is 44.8 Å². The molecule has 0 radical (unpaired) electrons. The lowest BCUT2D eigenvalue weighted by Gasteiger charge is -2.36. The van der Waals surface area contributed by atoms with Gasteiger partial charge in [0.25, 0.3) is 0 Å². The number of carboxylic acids is 1. The molecule has 0 bridgehead atoms. The molecule has 1 N–H and O–H groups in total. The number of carboxylic acid groups (broad SMARTS) is 1. The van der Waals surface area contributed by atoms with Crippen molar-refractivity contribution in [3.8, 4) is 6.07 Å². The maximum absolute atomic E-state index is 12.2. The summed E-state index contributed by atoms with van der Waals surface area (Å²) in [5, 5.41) is 17.2. The molecule has 7 heteroatoms. The average molecular weight is 297 g/mol. The van der Waals surface area contributed by atoms with Crippen molar-refractivity contribution in [1.29, 1.82) is 5.26 Å². The van der Waals surface area contributed by atoms with Gasteiger partial charge in [0.05, 0.1) is 31.6 Å². The summed E-state index contributed by atoms with van der Waals surface area (Å²) in [6, 6.07) is 1.89. The number of carbonyl (C=O) groups excluding carboxylic acids is 1. The van der Waals surface area contributed by atoms with Gasteiger partial charge in [-0.15, -0.1) is 0 Å². The molecule has 0 aromatic rings. The van der Waals surface area contributed by atoms with Gasteiger partial charge in [0, 0.05) is 26.2 Å². The first-order valence-electron chi connectivity index (χ1n) is 7.17. The highest BCUT2D eigenvalue weighted by Gasteiger charge is 2.27. The fourth-order valence-corrected chi connectivity index (χ4v) is 2.21. The van der Waals surface area contributed by atoms with E-state index < -0.39 is 5.97 Å². The average Bonchev–Trinajstić information content (AvgIpc) is 2.46. The molecule has 0 saturated carbocycles. The van der Waals surface area contributed by atoms with Crippen LogP contribution in [0.1, 0.15) is 32.6 Å². The third-order valence-corrected chi connectivity index (χ3v) is 3.73. The van der Waals surface area contributed by atoms with Crippen molar-refractivity contribution in [3.05, 3.63) is 0 Å². The van der Waals surface area contributed by atoms with E-state index >= 15 is 0 Å². The third kappa shape index (κ3) is 5.60. The van der Waals surface area contributed by atoms with Crippen molar-refractivity contribution in [3.63, 3.8) is 0 Å². The van der Waals surface area contributed by atoms with Gasteiger partial charge in [-0.25, -0.2) is 4.79 Å². The van der Waals surface area contributed by atoms with Crippen LogP contribution < -0.4 is 0 Å². The van der Waals surface area contributed by atoms with Gasteiger partial charge in [0.15, 0.2) is 0 Å². The highest BCUT2D eigenvalue weighted by atomic mass is 16.5. The van der Waals surface area contributed by atoms with Crippen molar-refractivity contribution in [2.75, 3.05) is 26.7 Å². The Balaban J connectivity index is 2.33. The van der Waals surface area contributed by atoms with Crippen LogP contribution in [-0.4, -0.2) is 65.8 Å². The predicted molar refractivity (Wildman–Crippen MR) is 75.7 cm³/mol. The molecule has 1 aliphatic rings. The molecule has 0 aromatic heterocycles. The molecule has 7 nitrogen and oxygen atoms in total. The van der Waals surface area contributed by atoms with Crippen LogP contribution in [0.2, 0.25) is 0 Å². The number of urea groups is 1. The summed E-state index contributed by atoms with van der Waals surface area (Å²) < 4.78 is 5.49. The van der Waals surface area contributed by atoms with Crippen LogP contribution in [0.25, 0.3) is 0 Å². The normalized spacial score (nSPS) is 17.1. The molecule has 118 valence electrons. The van der Waals surface area contributed by atoms with Crippen LogP contribution in [0, 0.1) is 11.3 Å². The standard InChI is InChI=1S/C14H23N3O4/c1-11(3-7-15)16(2)14(20)17-8-4-12(5-9-17)21-10-6-13(18)19/h11-12H,3-6,8-10H2,1-2H3,(H,18,19). The maximum Gasteiger partial charge on any atom is 0.320 e. The molecule has 0 spiro atoms. The first kappa shape index (κ1) is 17.2. The van der Waals surface area contributed by atoms with Gasteiger partial charge in [-0.3, -0.25) is 4.79 Å². The Morgan fingerprint density at radius 3 is 2.62 bits per heavy atom. The number of aliphatic carboxylic acids is 1. The number of piperidine rings is 1. The molecule has 1 aliphatic heterocycles. The quantitative estimate of drug-likeness (QED) is 0.797. The van der Waals surface area contributed by atoms with Gasteiger partial charge in [-0.1, -0.05) is 0 Å². The van der Waals surface area contributed by atoms with Crippen LogP contribution in [0.4, 0.5) is 4.79 Å². The van der Waals surface area contributed by atoms with E-state index in [0.717, 1.165) is 0 Å². The SMILES string of the molecule is CC(CC#N)N(C)C(=O)N1CCC(OCCC(=O)O)CC1. The molecule has 21 heavy (non-hydrogen) atoms. The van der Waals surface area contributed by atoms with Gasteiger partial charge in [0.1, 0.15) is 0 Å². The minimum atomic E-state index is -0.865. The summed E-state index contributed by atoms with van der Waals surface area (Å²) in [5.41, 5.74) is 0. The second kappa shape index (κ2) is 8.47. The van der Waals surface area contributed by atoms with Crippen LogP contribution in [0.5, 0.6) is 0 Å². The van der Waals surface area contributed by atoms with Gasteiger partial charge in [-0.05, 0) is 19.8 Å². The molecule has 1 saturated heterocycles. The van der Waals surface area contributed by atoms with E-state index in [4.69, 9.17) is 15.1 Å². The summed E-state index contributed by atoms with van der Waals surface area (Å²) in [6.07, 6.45) is 1.78. The van der Waals surface area contributed by atoms with Gasteiger partial charge in [0.2, 0.25) is 0 Å². The Morgan fingerprint density at radius 1 is 1.48 bits per heavy atom. The maximum atomic E-state index is 12.2. The molecule has 0 aromatic carbocycles. The number of hydrogen-bond acceptors (Lipinski definition) is 4. The summed E-state index contributed by atoms with van der Waals surface area (Å²) in [7, 11) is 1.71. The van der Waals surface area contributed by atoms with Crippen molar-refractivity contribution < 1.29 is 19.4 Å². The summed E-state index contributed by atoms with van der Waals surface area (Å²) >= 11 is 0. The van der Waals surface area contributed by atoms with Crippen LogP contribution in [0.15, 0.2) is 0 Å². The molecule has 1 rings (SSSR count). The topological polar surface area (TPSA) is 93.9 Å². The van der Waals surface area contributed by atoms with Gasteiger partial charge in [-0.2, -0.15) is 5.26 Å². The Kier molecular flexibility index (Phi) is 6.96. The minimum absolute atomic E-state index is 0.00750. The molecule has 0 aliphatic carbocycles. The number of ether oxygens (including phenoxy) is 1. The zero-order valence-electron chi connectivity index (χ0n) is 12.6. The first-order chi connectivity index (χ1) is 9.95. The number of amides is 2. The van der Waals surface area contributed by atoms with Gasteiger partial charge < -0.3 is 19.6 Å². The number of rotatable bonds is 6. The van der Waals surface area contributed by atoms with Crippen LogP contribution >= 0.6 is 0 Å². The van der Waals surface area contributed by atoms with E-state index in [1.165, 1.54) is 0 Å². The number of nitriles is 1.